The monoisotopic (exact) mass is 496 g/mol. The number of thioether (sulfide) groups is 1. The van der Waals surface area contributed by atoms with Crippen molar-refractivity contribution in [1.82, 2.24) is 15.2 Å². The Morgan fingerprint density at radius 1 is 1.26 bits per heavy atom. The molecule has 0 aliphatic carbocycles. The van der Waals surface area contributed by atoms with Gasteiger partial charge in [-0.3, -0.25) is 10.4 Å². The van der Waals surface area contributed by atoms with E-state index in [1.807, 2.05) is 42.5 Å². The summed E-state index contributed by atoms with van der Waals surface area (Å²) in [4.78, 5) is 16.2. The van der Waals surface area contributed by atoms with Crippen molar-refractivity contribution in [2.45, 2.75) is 37.2 Å². The Morgan fingerprint density at radius 2 is 2.09 bits per heavy atom. The van der Waals surface area contributed by atoms with Crippen LogP contribution in [0.4, 0.5) is 10.5 Å². The van der Waals surface area contributed by atoms with Crippen LogP contribution in [-0.4, -0.2) is 44.8 Å². The second-order valence-electron chi connectivity index (χ2n) is 8.06. The average molecular weight is 497 g/mol. The molecule has 35 heavy (non-hydrogen) atoms. The van der Waals surface area contributed by atoms with Crippen LogP contribution in [0.15, 0.2) is 72.7 Å². The van der Waals surface area contributed by atoms with Gasteiger partial charge in [-0.1, -0.05) is 67.7 Å². The maximum Gasteiger partial charge on any atom is 0.411 e. The lowest BCUT2D eigenvalue weighted by atomic mass is 9.91. The van der Waals surface area contributed by atoms with Crippen LogP contribution in [0.2, 0.25) is 0 Å². The summed E-state index contributed by atoms with van der Waals surface area (Å²) in [5, 5.41) is 19.6. The van der Waals surface area contributed by atoms with Crippen LogP contribution in [0.1, 0.15) is 36.0 Å². The van der Waals surface area contributed by atoms with Crippen LogP contribution in [0.25, 0.3) is 0 Å². The van der Waals surface area contributed by atoms with Crippen LogP contribution in [0.3, 0.4) is 0 Å². The standard InChI is InChI=1S/C25H28N4O5S/c1-3-11-32-25(31)28-20-6-4-5-19(12-20)23-33-21(14-35-24-26-15-27-29-24)16(2)22(34-23)18-9-7-17(13-30)8-10-18/h3-10,12,15-16,21-23,30H,1,11,13-14H2,2H3,(H,28,31)(H,26,27,29). The molecule has 1 saturated heterocycles. The minimum absolute atomic E-state index is 0.0153. The maximum atomic E-state index is 12.0. The molecule has 1 amide bonds. The zero-order valence-corrected chi connectivity index (χ0v) is 20.1. The van der Waals surface area contributed by atoms with Gasteiger partial charge in [0, 0.05) is 22.9 Å². The number of hydrogen-bond acceptors (Lipinski definition) is 8. The highest BCUT2D eigenvalue weighted by molar-refractivity contribution is 7.99. The van der Waals surface area contributed by atoms with Gasteiger partial charge in [0.2, 0.25) is 0 Å². The van der Waals surface area contributed by atoms with E-state index in [0.29, 0.717) is 11.4 Å². The molecule has 1 aromatic heterocycles. The number of aromatic amines is 1. The van der Waals surface area contributed by atoms with E-state index >= 15 is 0 Å². The summed E-state index contributed by atoms with van der Waals surface area (Å²) in [6.45, 7) is 5.75. The minimum Gasteiger partial charge on any atom is -0.445 e. The summed E-state index contributed by atoms with van der Waals surface area (Å²) in [6, 6.07) is 15.0. The second kappa shape index (κ2) is 12.0. The number of nitrogens with zero attached hydrogens (tertiary/aromatic N) is 2. The van der Waals surface area contributed by atoms with Gasteiger partial charge >= 0.3 is 6.09 Å². The molecular formula is C25H28N4O5S. The SMILES string of the molecule is C=CCOC(=O)Nc1cccc(C2OC(CSc3ncn[nH]3)C(C)C(c3ccc(CO)cc3)O2)c1. The quantitative estimate of drug-likeness (QED) is 0.290. The number of anilines is 1. The first-order valence-electron chi connectivity index (χ1n) is 11.2. The number of aromatic nitrogens is 3. The average Bonchev–Trinajstić information content (AvgIpc) is 3.41. The number of hydrogen-bond donors (Lipinski definition) is 3. The van der Waals surface area contributed by atoms with Gasteiger partial charge in [0.25, 0.3) is 0 Å². The lowest BCUT2D eigenvalue weighted by molar-refractivity contribution is -0.268. The molecule has 9 nitrogen and oxygen atoms in total. The molecule has 2 aromatic carbocycles. The first-order valence-corrected chi connectivity index (χ1v) is 12.2. The normalized spacial score (nSPS) is 21.9. The van der Waals surface area contributed by atoms with Gasteiger partial charge in [-0.05, 0) is 23.3 Å². The van der Waals surface area contributed by atoms with Gasteiger partial charge in [0.1, 0.15) is 12.9 Å². The van der Waals surface area contributed by atoms with Crippen molar-refractivity contribution in [3.05, 3.63) is 84.2 Å². The molecule has 0 saturated carbocycles. The van der Waals surface area contributed by atoms with Gasteiger partial charge < -0.3 is 19.3 Å². The number of aliphatic hydroxyl groups is 1. The van der Waals surface area contributed by atoms with Gasteiger partial charge in [0.05, 0.1) is 18.8 Å². The largest absolute Gasteiger partial charge is 0.445 e. The first kappa shape index (κ1) is 24.9. The van der Waals surface area contributed by atoms with Crippen LogP contribution >= 0.6 is 11.8 Å². The Balaban J connectivity index is 1.55. The summed E-state index contributed by atoms with van der Waals surface area (Å²) in [6.07, 6.45) is 1.37. The molecule has 4 atom stereocenters. The van der Waals surface area contributed by atoms with E-state index in [1.165, 1.54) is 24.2 Å². The van der Waals surface area contributed by atoms with Gasteiger partial charge in [-0.2, -0.15) is 5.10 Å². The highest BCUT2D eigenvalue weighted by atomic mass is 32.2. The van der Waals surface area contributed by atoms with Crippen LogP contribution in [-0.2, 0) is 20.8 Å². The predicted octanol–water partition coefficient (Wildman–Crippen LogP) is 4.62. The lowest BCUT2D eigenvalue weighted by Gasteiger charge is -2.41. The topological polar surface area (TPSA) is 119 Å². The van der Waals surface area contributed by atoms with Crippen LogP contribution in [0.5, 0.6) is 0 Å². The number of amides is 1. The van der Waals surface area contributed by atoms with E-state index < -0.39 is 12.4 Å². The summed E-state index contributed by atoms with van der Waals surface area (Å²) in [7, 11) is 0. The van der Waals surface area contributed by atoms with Crippen LogP contribution < -0.4 is 5.32 Å². The number of H-pyrrole nitrogens is 1. The smallest absolute Gasteiger partial charge is 0.411 e. The Morgan fingerprint density at radius 3 is 2.80 bits per heavy atom. The molecule has 0 radical (unpaired) electrons. The molecule has 0 bridgehead atoms. The number of rotatable bonds is 9. The number of carbonyl (C=O) groups is 1. The molecule has 10 heteroatoms. The van der Waals surface area contributed by atoms with Gasteiger partial charge in [-0.25, -0.2) is 9.78 Å². The van der Waals surface area contributed by atoms with Crippen LogP contribution in [0, 0.1) is 5.92 Å². The number of ether oxygens (including phenoxy) is 3. The van der Waals surface area contributed by atoms with Gasteiger partial charge in [0.15, 0.2) is 11.4 Å². The Bertz CT molecular complexity index is 1110. The molecule has 4 unspecified atom stereocenters. The van der Waals surface area contributed by atoms with Gasteiger partial charge in [-0.15, -0.1) is 0 Å². The molecule has 3 aromatic rings. The lowest BCUT2D eigenvalue weighted by Crippen LogP contribution is -2.38. The third-order valence-electron chi connectivity index (χ3n) is 5.64. The Hall–Kier alpha value is -3.18. The molecule has 0 spiro atoms. The maximum absolute atomic E-state index is 12.0. The zero-order chi connectivity index (χ0) is 24.6. The number of carbonyl (C=O) groups excluding carboxylic acids is 1. The van der Waals surface area contributed by atoms with Crippen molar-refractivity contribution in [2.24, 2.45) is 5.92 Å². The molecule has 184 valence electrons. The summed E-state index contributed by atoms with van der Waals surface area (Å²) in [5.41, 5.74) is 3.17. The molecule has 2 heterocycles. The fourth-order valence-electron chi connectivity index (χ4n) is 3.79. The van der Waals surface area contributed by atoms with E-state index in [1.54, 1.807) is 6.07 Å². The van der Waals surface area contributed by atoms with Crippen molar-refractivity contribution < 1.29 is 24.1 Å². The summed E-state index contributed by atoms with van der Waals surface area (Å²) in [5.74, 6) is 0.685. The van der Waals surface area contributed by atoms with Crippen molar-refractivity contribution in [2.75, 3.05) is 17.7 Å². The van der Waals surface area contributed by atoms with E-state index in [9.17, 15) is 9.90 Å². The number of benzene rings is 2. The van der Waals surface area contributed by atoms with Crippen molar-refractivity contribution in [1.29, 1.82) is 0 Å². The summed E-state index contributed by atoms with van der Waals surface area (Å²) < 4.78 is 17.9. The first-order chi connectivity index (χ1) is 17.1. The fraction of sp³-hybridized carbons (Fsp3) is 0.320. The zero-order valence-electron chi connectivity index (χ0n) is 19.3. The highest BCUT2D eigenvalue weighted by Gasteiger charge is 2.38. The second-order valence-corrected chi connectivity index (χ2v) is 9.07. The molecule has 1 aliphatic heterocycles. The van der Waals surface area contributed by atoms with E-state index in [2.05, 4.69) is 34.0 Å². The molecule has 1 fully saturated rings. The third-order valence-corrected chi connectivity index (χ3v) is 6.60. The van der Waals surface area contributed by atoms with E-state index in [4.69, 9.17) is 14.2 Å². The minimum atomic E-state index is -0.653. The van der Waals surface area contributed by atoms with E-state index in [-0.39, 0.29) is 31.3 Å². The molecule has 3 N–H and O–H groups in total. The predicted molar refractivity (Wildman–Crippen MR) is 132 cm³/mol. The fourth-order valence-corrected chi connectivity index (χ4v) is 4.73. The molecule has 4 rings (SSSR count). The van der Waals surface area contributed by atoms with Crippen molar-refractivity contribution in [3.63, 3.8) is 0 Å². The van der Waals surface area contributed by atoms with Crippen molar-refractivity contribution in [3.8, 4) is 0 Å². The molecule has 1 aliphatic rings. The number of aliphatic hydroxyl groups excluding tert-OH is 1. The Labute approximate surface area is 207 Å². The highest BCUT2D eigenvalue weighted by Crippen LogP contribution is 2.43. The van der Waals surface area contributed by atoms with E-state index in [0.717, 1.165) is 21.8 Å². The molecular weight excluding hydrogens is 468 g/mol. The third kappa shape index (κ3) is 6.49. The summed E-state index contributed by atoms with van der Waals surface area (Å²) >= 11 is 1.53. The number of nitrogens with one attached hydrogen (secondary N) is 2. The van der Waals surface area contributed by atoms with Crippen molar-refractivity contribution >= 4 is 23.5 Å². The Kier molecular flexibility index (Phi) is 8.54.